The number of rotatable bonds is 1. The predicted octanol–water partition coefficient (Wildman–Crippen LogP) is 2.12. The number of pyridine rings is 1. The molecule has 0 aromatic carbocycles. The summed E-state index contributed by atoms with van der Waals surface area (Å²) < 4.78 is 5.25. The Kier molecular flexibility index (Phi) is 3.05. The zero-order valence-corrected chi connectivity index (χ0v) is 8.87. The minimum absolute atomic E-state index is 0.420. The lowest BCUT2D eigenvalue weighted by molar-refractivity contribution is 0.122. The van der Waals surface area contributed by atoms with Gasteiger partial charge in [-0.05, 0) is 12.1 Å². The molecule has 78 valence electrons. The highest BCUT2D eigenvalue weighted by Gasteiger charge is 2.16. The smallest absolute Gasteiger partial charge is 0.228 e. The fourth-order valence-electron chi connectivity index (χ4n) is 1.51. The molecule has 0 atom stereocenters. The molecule has 1 fully saturated rings. The average Bonchev–Trinajstić information content (AvgIpc) is 2.30. The molecule has 1 aromatic heterocycles. The molecule has 1 aliphatic heterocycles. The van der Waals surface area contributed by atoms with Gasteiger partial charge in [0.25, 0.3) is 0 Å². The van der Waals surface area contributed by atoms with Gasteiger partial charge in [0.2, 0.25) is 5.69 Å². The van der Waals surface area contributed by atoms with Crippen LogP contribution in [0.3, 0.4) is 0 Å². The number of halogens is 1. The lowest BCUT2D eigenvalue weighted by Gasteiger charge is -2.28. The lowest BCUT2D eigenvalue weighted by atomic mass is 10.3. The van der Waals surface area contributed by atoms with Crippen molar-refractivity contribution in [3.05, 3.63) is 28.7 Å². The topological polar surface area (TPSA) is 29.7 Å². The SMILES string of the molecule is [C-]#[N+]c1ccc(Cl)nc1N1CCOCC1. The largest absolute Gasteiger partial charge is 0.378 e. The van der Waals surface area contributed by atoms with Gasteiger partial charge in [-0.2, -0.15) is 0 Å². The molecule has 0 saturated carbocycles. The van der Waals surface area contributed by atoms with E-state index in [1.165, 1.54) is 0 Å². The van der Waals surface area contributed by atoms with Crippen molar-refractivity contribution in [3.8, 4) is 0 Å². The Labute approximate surface area is 93.2 Å². The molecule has 2 rings (SSSR count). The highest BCUT2D eigenvalue weighted by molar-refractivity contribution is 6.29. The standard InChI is InChI=1S/C10H10ClN3O/c1-12-8-2-3-9(11)13-10(8)14-4-6-15-7-5-14/h2-3H,4-7H2. The molecular formula is C10H10ClN3O. The Bertz CT molecular complexity index is 396. The van der Waals surface area contributed by atoms with Gasteiger partial charge < -0.3 is 9.64 Å². The molecule has 15 heavy (non-hydrogen) atoms. The van der Waals surface area contributed by atoms with Crippen molar-refractivity contribution in [1.29, 1.82) is 0 Å². The number of hydrogen-bond donors (Lipinski definition) is 0. The Balaban J connectivity index is 2.32. The van der Waals surface area contributed by atoms with Crippen LogP contribution in [0.5, 0.6) is 0 Å². The fraction of sp³-hybridized carbons (Fsp3) is 0.400. The molecule has 0 aliphatic carbocycles. The third kappa shape index (κ3) is 2.20. The molecule has 0 bridgehead atoms. The van der Waals surface area contributed by atoms with Crippen LogP contribution in [0.2, 0.25) is 5.15 Å². The Morgan fingerprint density at radius 2 is 2.13 bits per heavy atom. The first-order chi connectivity index (χ1) is 7.31. The number of anilines is 1. The van der Waals surface area contributed by atoms with E-state index in [-0.39, 0.29) is 0 Å². The van der Waals surface area contributed by atoms with Gasteiger partial charge in [0.1, 0.15) is 11.0 Å². The fourth-order valence-corrected chi connectivity index (χ4v) is 1.66. The van der Waals surface area contributed by atoms with Gasteiger partial charge in [0.05, 0.1) is 19.8 Å². The zero-order chi connectivity index (χ0) is 10.7. The summed E-state index contributed by atoms with van der Waals surface area (Å²) in [5.74, 6) is 0.667. The van der Waals surface area contributed by atoms with E-state index in [9.17, 15) is 0 Å². The molecule has 5 heteroatoms. The van der Waals surface area contributed by atoms with E-state index in [1.807, 2.05) is 4.90 Å². The van der Waals surface area contributed by atoms with Crippen molar-refractivity contribution < 1.29 is 4.74 Å². The lowest BCUT2D eigenvalue weighted by Crippen LogP contribution is -2.36. The number of hydrogen-bond acceptors (Lipinski definition) is 3. The molecule has 0 spiro atoms. The zero-order valence-electron chi connectivity index (χ0n) is 8.11. The van der Waals surface area contributed by atoms with Crippen LogP contribution in [0, 0.1) is 6.57 Å². The van der Waals surface area contributed by atoms with Crippen LogP contribution in [-0.4, -0.2) is 31.3 Å². The maximum atomic E-state index is 7.06. The second kappa shape index (κ2) is 4.47. The highest BCUT2D eigenvalue weighted by Crippen LogP contribution is 2.28. The van der Waals surface area contributed by atoms with Crippen molar-refractivity contribution in [2.45, 2.75) is 0 Å². The predicted molar refractivity (Wildman–Crippen MR) is 58.5 cm³/mol. The van der Waals surface area contributed by atoms with Crippen LogP contribution < -0.4 is 4.90 Å². The Hall–Kier alpha value is -1.31. The summed E-state index contributed by atoms with van der Waals surface area (Å²) in [6, 6.07) is 3.34. The van der Waals surface area contributed by atoms with Crippen LogP contribution in [0.15, 0.2) is 12.1 Å². The van der Waals surface area contributed by atoms with Crippen LogP contribution in [0.25, 0.3) is 4.85 Å². The molecule has 0 radical (unpaired) electrons. The average molecular weight is 224 g/mol. The first kappa shape index (κ1) is 10.2. The van der Waals surface area contributed by atoms with Crippen molar-refractivity contribution in [2.24, 2.45) is 0 Å². The Morgan fingerprint density at radius 1 is 1.40 bits per heavy atom. The first-order valence-electron chi connectivity index (χ1n) is 4.68. The van der Waals surface area contributed by atoms with E-state index in [4.69, 9.17) is 22.9 Å². The van der Waals surface area contributed by atoms with Crippen molar-refractivity contribution in [1.82, 2.24) is 4.98 Å². The highest BCUT2D eigenvalue weighted by atomic mass is 35.5. The van der Waals surface area contributed by atoms with Crippen LogP contribution in [0.1, 0.15) is 0 Å². The minimum atomic E-state index is 0.420. The minimum Gasteiger partial charge on any atom is -0.378 e. The summed E-state index contributed by atoms with van der Waals surface area (Å²) in [6.07, 6.45) is 0. The van der Waals surface area contributed by atoms with Crippen LogP contribution in [-0.2, 0) is 4.74 Å². The quantitative estimate of drug-likeness (QED) is 0.540. The third-order valence-corrected chi connectivity index (χ3v) is 2.46. The molecule has 1 aromatic rings. The maximum absolute atomic E-state index is 7.06. The number of ether oxygens (including phenoxy) is 1. The number of morpholine rings is 1. The van der Waals surface area contributed by atoms with Gasteiger partial charge in [-0.15, -0.1) is 0 Å². The number of aromatic nitrogens is 1. The molecule has 0 amide bonds. The van der Waals surface area contributed by atoms with Crippen molar-refractivity contribution in [3.63, 3.8) is 0 Å². The van der Waals surface area contributed by atoms with Gasteiger partial charge in [-0.25, -0.2) is 9.83 Å². The molecule has 4 nitrogen and oxygen atoms in total. The van der Waals surface area contributed by atoms with Gasteiger partial charge in [-0.3, -0.25) is 0 Å². The van der Waals surface area contributed by atoms with Crippen molar-refractivity contribution in [2.75, 3.05) is 31.2 Å². The summed E-state index contributed by atoms with van der Waals surface area (Å²) in [5, 5.41) is 0.420. The van der Waals surface area contributed by atoms with E-state index < -0.39 is 0 Å². The molecule has 1 saturated heterocycles. The second-order valence-electron chi connectivity index (χ2n) is 3.19. The van der Waals surface area contributed by atoms with E-state index in [0.717, 1.165) is 13.1 Å². The molecule has 1 aliphatic rings. The monoisotopic (exact) mass is 223 g/mol. The summed E-state index contributed by atoms with van der Waals surface area (Å²) in [6.45, 7) is 9.92. The summed E-state index contributed by atoms with van der Waals surface area (Å²) in [5.41, 5.74) is 0.543. The normalized spacial score (nSPS) is 16.1. The molecule has 0 N–H and O–H groups in total. The van der Waals surface area contributed by atoms with Gasteiger partial charge in [0.15, 0.2) is 0 Å². The van der Waals surface area contributed by atoms with E-state index in [2.05, 4.69) is 9.83 Å². The Morgan fingerprint density at radius 3 is 2.80 bits per heavy atom. The maximum Gasteiger partial charge on any atom is 0.228 e. The number of nitrogens with zero attached hydrogens (tertiary/aromatic N) is 3. The first-order valence-corrected chi connectivity index (χ1v) is 5.06. The summed E-state index contributed by atoms with van der Waals surface area (Å²) in [7, 11) is 0. The van der Waals surface area contributed by atoms with Gasteiger partial charge in [0, 0.05) is 13.1 Å². The third-order valence-electron chi connectivity index (χ3n) is 2.25. The van der Waals surface area contributed by atoms with Crippen LogP contribution in [0.4, 0.5) is 11.5 Å². The summed E-state index contributed by atoms with van der Waals surface area (Å²) in [4.78, 5) is 9.65. The molecule has 2 heterocycles. The summed E-state index contributed by atoms with van der Waals surface area (Å²) >= 11 is 5.82. The van der Waals surface area contributed by atoms with Crippen LogP contribution >= 0.6 is 11.6 Å². The molecule has 0 unspecified atom stereocenters. The van der Waals surface area contributed by atoms with Gasteiger partial charge >= 0.3 is 0 Å². The van der Waals surface area contributed by atoms with Crippen molar-refractivity contribution >= 4 is 23.1 Å². The van der Waals surface area contributed by atoms with E-state index in [0.29, 0.717) is 29.9 Å². The van der Waals surface area contributed by atoms with E-state index in [1.54, 1.807) is 12.1 Å². The van der Waals surface area contributed by atoms with E-state index >= 15 is 0 Å². The van der Waals surface area contributed by atoms with Gasteiger partial charge in [-0.1, -0.05) is 11.6 Å². The second-order valence-corrected chi connectivity index (χ2v) is 3.58. The molecular weight excluding hydrogens is 214 g/mol.